The highest BCUT2D eigenvalue weighted by molar-refractivity contribution is 5.20. The molecule has 0 saturated heterocycles. The van der Waals surface area contributed by atoms with Crippen molar-refractivity contribution in [1.82, 2.24) is 0 Å². The minimum atomic E-state index is -0.158. The van der Waals surface area contributed by atoms with Gasteiger partial charge in [0.1, 0.15) is 0 Å². The average molecular weight is 304 g/mol. The Labute approximate surface area is 135 Å². The van der Waals surface area contributed by atoms with E-state index in [-0.39, 0.29) is 6.10 Å². The number of allylic oxidation sites excluding steroid dienone is 1. The largest absolute Gasteiger partial charge is 0.389 e. The first-order chi connectivity index (χ1) is 10.6. The van der Waals surface area contributed by atoms with E-state index in [0.29, 0.717) is 5.41 Å². The second-order valence-corrected chi connectivity index (χ2v) is 8.74. The summed E-state index contributed by atoms with van der Waals surface area (Å²) in [6.45, 7) is 3.53. The van der Waals surface area contributed by atoms with Crippen LogP contribution in [0.5, 0.6) is 0 Å². The smallest absolute Gasteiger partial charge is 0.0723 e. The van der Waals surface area contributed by atoms with E-state index >= 15 is 0 Å². The van der Waals surface area contributed by atoms with Gasteiger partial charge in [0.15, 0.2) is 0 Å². The summed E-state index contributed by atoms with van der Waals surface area (Å²) < 4.78 is 5.54. The van der Waals surface area contributed by atoms with Crippen LogP contribution in [0.4, 0.5) is 0 Å². The molecule has 0 radical (unpaired) electrons. The van der Waals surface area contributed by atoms with E-state index in [1.54, 1.807) is 5.57 Å². The molecular weight excluding hydrogens is 272 g/mol. The van der Waals surface area contributed by atoms with E-state index in [4.69, 9.17) is 4.74 Å². The van der Waals surface area contributed by atoms with Gasteiger partial charge in [0.05, 0.1) is 6.10 Å². The van der Waals surface area contributed by atoms with Gasteiger partial charge < -0.3 is 9.84 Å². The van der Waals surface area contributed by atoms with E-state index in [1.165, 1.54) is 44.9 Å². The van der Waals surface area contributed by atoms with Gasteiger partial charge >= 0.3 is 0 Å². The third kappa shape index (κ3) is 2.21. The lowest BCUT2D eigenvalue weighted by Crippen LogP contribution is -2.47. The molecule has 0 aliphatic heterocycles. The van der Waals surface area contributed by atoms with Gasteiger partial charge in [0.2, 0.25) is 0 Å². The van der Waals surface area contributed by atoms with E-state index in [9.17, 15) is 5.11 Å². The van der Waals surface area contributed by atoms with Crippen LogP contribution in [0.15, 0.2) is 11.6 Å². The summed E-state index contributed by atoms with van der Waals surface area (Å²) >= 11 is 0. The third-order valence-electron chi connectivity index (χ3n) is 8.00. The molecule has 0 aromatic rings. The summed E-state index contributed by atoms with van der Waals surface area (Å²) in [6, 6.07) is 0. The summed E-state index contributed by atoms with van der Waals surface area (Å²) in [7, 11) is 1.87. The molecule has 4 aliphatic carbocycles. The lowest BCUT2D eigenvalue weighted by molar-refractivity contribution is -0.0386. The molecule has 3 fully saturated rings. The highest BCUT2D eigenvalue weighted by atomic mass is 16.5. The van der Waals surface area contributed by atoms with Crippen molar-refractivity contribution in [2.24, 2.45) is 35.0 Å². The molecule has 0 heterocycles. The Morgan fingerprint density at radius 1 is 1.14 bits per heavy atom. The van der Waals surface area contributed by atoms with E-state index in [1.807, 2.05) is 7.11 Å². The Morgan fingerprint density at radius 3 is 2.82 bits per heavy atom. The van der Waals surface area contributed by atoms with Crippen LogP contribution in [-0.2, 0) is 4.74 Å². The molecule has 1 unspecified atom stereocenters. The zero-order chi connectivity index (χ0) is 15.3. The summed E-state index contributed by atoms with van der Waals surface area (Å²) in [5.41, 5.74) is 2.14. The minimum Gasteiger partial charge on any atom is -0.389 e. The first-order valence-corrected chi connectivity index (χ1v) is 9.51. The predicted molar refractivity (Wildman–Crippen MR) is 88.5 cm³/mol. The molecule has 1 N–H and O–H groups in total. The third-order valence-corrected chi connectivity index (χ3v) is 8.00. The van der Waals surface area contributed by atoms with Gasteiger partial charge in [-0.25, -0.2) is 0 Å². The Kier molecular flexibility index (Phi) is 3.89. The summed E-state index contributed by atoms with van der Waals surface area (Å²) in [5.74, 6) is 4.37. The van der Waals surface area contributed by atoms with Gasteiger partial charge in [-0.2, -0.15) is 0 Å². The van der Waals surface area contributed by atoms with Gasteiger partial charge in [-0.05, 0) is 86.4 Å². The minimum absolute atomic E-state index is 0.158. The fourth-order valence-corrected chi connectivity index (χ4v) is 6.90. The Morgan fingerprint density at radius 2 is 2.00 bits per heavy atom. The normalized spacial score (nSPS) is 50.8. The molecule has 0 aromatic heterocycles. The number of ether oxygens (including phenoxy) is 1. The van der Waals surface area contributed by atoms with Crippen LogP contribution < -0.4 is 0 Å². The van der Waals surface area contributed by atoms with Crippen LogP contribution in [0.3, 0.4) is 0 Å². The van der Waals surface area contributed by atoms with Crippen molar-refractivity contribution in [2.75, 3.05) is 13.7 Å². The standard InChI is InChI=1S/C20H32O2/c1-20-10-9-17-16-7-5-15(21)11-13(16)3-6-18(17)19(20)8-4-14(20)12-22-2/h11,14-19,21H,3-10,12H2,1-2H3/t14-,15?,16+,17-,18-,19+,20-/m1/s1. The first-order valence-electron chi connectivity index (χ1n) is 9.51. The average Bonchev–Trinajstić information content (AvgIpc) is 2.84. The van der Waals surface area contributed by atoms with E-state index in [2.05, 4.69) is 13.0 Å². The van der Waals surface area contributed by atoms with Gasteiger partial charge in [0.25, 0.3) is 0 Å². The SMILES string of the molecule is COC[C@H]1CC[C@H]2[C@@H]3CCC4=CC(O)CC[C@@H]4[C@H]3CC[C@]12C. The van der Waals surface area contributed by atoms with Crippen molar-refractivity contribution in [3.63, 3.8) is 0 Å². The molecule has 4 rings (SSSR count). The number of rotatable bonds is 2. The Balaban J connectivity index is 1.57. The molecule has 0 aromatic carbocycles. The number of aliphatic hydroxyl groups excluding tert-OH is 1. The highest BCUT2D eigenvalue weighted by Crippen LogP contribution is 2.63. The topological polar surface area (TPSA) is 29.5 Å². The molecule has 2 nitrogen and oxygen atoms in total. The number of methoxy groups -OCH3 is 1. The van der Waals surface area contributed by atoms with Gasteiger partial charge in [0, 0.05) is 13.7 Å². The molecule has 124 valence electrons. The number of hydrogen-bond donors (Lipinski definition) is 1. The number of aliphatic hydroxyl groups is 1. The molecule has 0 spiro atoms. The van der Waals surface area contributed by atoms with Gasteiger partial charge in [-0.1, -0.05) is 18.6 Å². The van der Waals surface area contributed by atoms with Crippen LogP contribution in [0.25, 0.3) is 0 Å². The van der Waals surface area contributed by atoms with Crippen molar-refractivity contribution in [1.29, 1.82) is 0 Å². The number of fused-ring (bicyclic) bond motifs is 5. The monoisotopic (exact) mass is 304 g/mol. The van der Waals surface area contributed by atoms with Crippen LogP contribution in [0, 0.1) is 35.0 Å². The molecule has 0 amide bonds. The fourth-order valence-electron chi connectivity index (χ4n) is 6.90. The first kappa shape index (κ1) is 15.2. The van der Waals surface area contributed by atoms with Crippen LogP contribution >= 0.6 is 0 Å². The van der Waals surface area contributed by atoms with Crippen molar-refractivity contribution < 1.29 is 9.84 Å². The molecule has 2 heteroatoms. The maximum Gasteiger partial charge on any atom is 0.0723 e. The zero-order valence-corrected chi connectivity index (χ0v) is 14.3. The van der Waals surface area contributed by atoms with Crippen molar-refractivity contribution >= 4 is 0 Å². The predicted octanol–water partition coefficient (Wildman–Crippen LogP) is 4.18. The molecule has 0 bridgehead atoms. The molecule has 22 heavy (non-hydrogen) atoms. The zero-order valence-electron chi connectivity index (χ0n) is 14.3. The van der Waals surface area contributed by atoms with Crippen LogP contribution in [0.2, 0.25) is 0 Å². The Hall–Kier alpha value is -0.340. The highest BCUT2D eigenvalue weighted by Gasteiger charge is 2.55. The fraction of sp³-hybridized carbons (Fsp3) is 0.900. The second kappa shape index (κ2) is 5.63. The molecule has 3 saturated carbocycles. The Bertz CT molecular complexity index is 457. The van der Waals surface area contributed by atoms with Gasteiger partial charge in [-0.15, -0.1) is 0 Å². The lowest BCUT2D eigenvalue weighted by atomic mass is 9.51. The van der Waals surface area contributed by atoms with Crippen molar-refractivity contribution in [3.05, 3.63) is 11.6 Å². The maximum absolute atomic E-state index is 9.94. The second-order valence-electron chi connectivity index (χ2n) is 8.74. The van der Waals surface area contributed by atoms with Crippen molar-refractivity contribution in [3.8, 4) is 0 Å². The summed E-state index contributed by atoms with van der Waals surface area (Å²) in [5, 5.41) is 9.94. The van der Waals surface area contributed by atoms with E-state index in [0.717, 1.165) is 42.6 Å². The van der Waals surface area contributed by atoms with Crippen molar-refractivity contribution in [2.45, 2.75) is 64.4 Å². The molecular formula is C20H32O2. The quantitative estimate of drug-likeness (QED) is 0.775. The van der Waals surface area contributed by atoms with Crippen LogP contribution in [0.1, 0.15) is 58.3 Å². The lowest BCUT2D eigenvalue weighted by Gasteiger charge is -2.54. The van der Waals surface area contributed by atoms with Crippen LogP contribution in [-0.4, -0.2) is 24.9 Å². The maximum atomic E-state index is 9.94. The summed E-state index contributed by atoms with van der Waals surface area (Å²) in [6.07, 6.45) is 12.5. The molecule has 7 atom stereocenters. The number of hydrogen-bond acceptors (Lipinski definition) is 2. The summed E-state index contributed by atoms with van der Waals surface area (Å²) in [4.78, 5) is 0. The van der Waals surface area contributed by atoms with E-state index < -0.39 is 0 Å². The van der Waals surface area contributed by atoms with Gasteiger partial charge in [-0.3, -0.25) is 0 Å². The molecule has 4 aliphatic rings.